The van der Waals surface area contributed by atoms with E-state index < -0.39 is 0 Å². The second-order valence-corrected chi connectivity index (χ2v) is 6.40. The maximum absolute atomic E-state index is 3.65. The van der Waals surface area contributed by atoms with Gasteiger partial charge in [0.1, 0.15) is 0 Å². The Labute approximate surface area is 96.0 Å². The average Bonchev–Trinajstić information content (AvgIpc) is 2.00. The summed E-state index contributed by atoms with van der Waals surface area (Å²) >= 11 is 0. The van der Waals surface area contributed by atoms with Crippen molar-refractivity contribution in [1.29, 1.82) is 0 Å². The van der Waals surface area contributed by atoms with Crippen molar-refractivity contribution < 1.29 is 0 Å². The molecule has 0 heterocycles. The van der Waals surface area contributed by atoms with Crippen molar-refractivity contribution in [2.45, 2.75) is 65.8 Å². The van der Waals surface area contributed by atoms with Crippen LogP contribution < -0.4 is 5.32 Å². The fourth-order valence-electron chi connectivity index (χ4n) is 2.70. The highest BCUT2D eigenvalue weighted by Crippen LogP contribution is 2.41. The molecule has 0 spiro atoms. The van der Waals surface area contributed by atoms with Gasteiger partial charge in [0.05, 0.1) is 0 Å². The molecule has 1 N–H and O–H groups in total. The highest BCUT2D eigenvalue weighted by Gasteiger charge is 2.34. The lowest BCUT2D eigenvalue weighted by Gasteiger charge is -2.42. The molecule has 0 amide bonds. The average molecular weight is 211 g/mol. The summed E-state index contributed by atoms with van der Waals surface area (Å²) in [4.78, 5) is 0. The zero-order valence-electron chi connectivity index (χ0n) is 11.3. The monoisotopic (exact) mass is 211 g/mol. The van der Waals surface area contributed by atoms with Crippen LogP contribution in [0.1, 0.15) is 60.3 Å². The summed E-state index contributed by atoms with van der Waals surface area (Å²) in [6.45, 7) is 12.7. The van der Waals surface area contributed by atoms with E-state index in [1.807, 2.05) is 0 Å². The van der Waals surface area contributed by atoms with Crippen LogP contribution in [0.3, 0.4) is 0 Å². The molecule has 1 heteroatoms. The third kappa shape index (κ3) is 4.14. The van der Waals surface area contributed by atoms with Crippen LogP contribution in [-0.4, -0.2) is 12.1 Å². The predicted octanol–water partition coefficient (Wildman–Crippen LogP) is 3.84. The Morgan fingerprint density at radius 1 is 1.27 bits per heavy atom. The largest absolute Gasteiger partial charge is 0.312 e. The van der Waals surface area contributed by atoms with Gasteiger partial charge in [-0.15, -0.1) is 0 Å². The molecule has 1 nitrogen and oxygen atoms in total. The van der Waals surface area contributed by atoms with Crippen LogP contribution in [0.15, 0.2) is 0 Å². The molecule has 0 saturated heterocycles. The normalized spacial score (nSPS) is 28.6. The number of nitrogens with one attached hydrogen (secondary N) is 1. The number of hydrogen-bond donors (Lipinski definition) is 1. The van der Waals surface area contributed by atoms with Crippen molar-refractivity contribution in [2.24, 2.45) is 17.8 Å². The molecule has 0 aromatic heterocycles. The first-order valence-electron chi connectivity index (χ1n) is 6.69. The molecule has 0 radical (unpaired) electrons. The molecule has 1 aliphatic rings. The van der Waals surface area contributed by atoms with Gasteiger partial charge in [0.25, 0.3) is 0 Å². The Morgan fingerprint density at radius 3 is 2.33 bits per heavy atom. The van der Waals surface area contributed by atoms with Gasteiger partial charge in [0.2, 0.25) is 0 Å². The molecule has 90 valence electrons. The SMILES string of the molecule is CCCC(C)C1CCC1CNC(C)(C)C. The lowest BCUT2D eigenvalue weighted by atomic mass is 9.66. The molecule has 1 rings (SSSR count). The molecule has 0 aromatic rings. The van der Waals surface area contributed by atoms with Crippen molar-refractivity contribution in [3.8, 4) is 0 Å². The lowest BCUT2D eigenvalue weighted by molar-refractivity contribution is 0.0992. The molecule has 1 aliphatic carbocycles. The van der Waals surface area contributed by atoms with Gasteiger partial charge in [-0.25, -0.2) is 0 Å². The summed E-state index contributed by atoms with van der Waals surface area (Å²) in [6, 6.07) is 0. The van der Waals surface area contributed by atoms with Gasteiger partial charge in [-0.05, 0) is 57.9 Å². The van der Waals surface area contributed by atoms with Gasteiger partial charge < -0.3 is 5.32 Å². The van der Waals surface area contributed by atoms with E-state index in [1.165, 1.54) is 32.2 Å². The fourth-order valence-corrected chi connectivity index (χ4v) is 2.70. The van der Waals surface area contributed by atoms with E-state index in [-0.39, 0.29) is 5.54 Å². The summed E-state index contributed by atoms with van der Waals surface area (Å²) in [5, 5.41) is 3.65. The van der Waals surface area contributed by atoms with Crippen LogP contribution in [0.4, 0.5) is 0 Å². The minimum atomic E-state index is 0.286. The quantitative estimate of drug-likeness (QED) is 0.728. The first kappa shape index (κ1) is 13.0. The van der Waals surface area contributed by atoms with Crippen molar-refractivity contribution >= 4 is 0 Å². The van der Waals surface area contributed by atoms with Crippen LogP contribution in [0.5, 0.6) is 0 Å². The van der Waals surface area contributed by atoms with Gasteiger partial charge in [-0.2, -0.15) is 0 Å². The molecule has 0 aromatic carbocycles. The van der Waals surface area contributed by atoms with Crippen LogP contribution in [0.25, 0.3) is 0 Å². The van der Waals surface area contributed by atoms with Crippen LogP contribution >= 0.6 is 0 Å². The van der Waals surface area contributed by atoms with Crippen molar-refractivity contribution in [1.82, 2.24) is 5.32 Å². The zero-order valence-corrected chi connectivity index (χ0v) is 11.3. The van der Waals surface area contributed by atoms with E-state index >= 15 is 0 Å². The maximum atomic E-state index is 3.65. The van der Waals surface area contributed by atoms with Gasteiger partial charge in [0.15, 0.2) is 0 Å². The van der Waals surface area contributed by atoms with Crippen molar-refractivity contribution in [3.63, 3.8) is 0 Å². The molecule has 1 fully saturated rings. The highest BCUT2D eigenvalue weighted by molar-refractivity contribution is 4.87. The van der Waals surface area contributed by atoms with Gasteiger partial charge in [0, 0.05) is 5.54 Å². The molecule has 0 bridgehead atoms. The first-order valence-corrected chi connectivity index (χ1v) is 6.69. The summed E-state index contributed by atoms with van der Waals surface area (Å²) in [5.74, 6) is 2.89. The van der Waals surface area contributed by atoms with Crippen LogP contribution in [0, 0.1) is 17.8 Å². The molecule has 0 aliphatic heterocycles. The van der Waals surface area contributed by atoms with E-state index in [4.69, 9.17) is 0 Å². The molecular formula is C14H29N. The van der Waals surface area contributed by atoms with Crippen LogP contribution in [0.2, 0.25) is 0 Å². The van der Waals surface area contributed by atoms with E-state index in [2.05, 4.69) is 39.9 Å². The lowest BCUT2D eigenvalue weighted by Crippen LogP contribution is -2.45. The zero-order chi connectivity index (χ0) is 11.5. The number of hydrogen-bond acceptors (Lipinski definition) is 1. The Hall–Kier alpha value is -0.0400. The summed E-state index contributed by atoms with van der Waals surface area (Å²) in [6.07, 6.45) is 5.67. The van der Waals surface area contributed by atoms with E-state index in [1.54, 1.807) is 0 Å². The maximum Gasteiger partial charge on any atom is 0.00966 e. The Morgan fingerprint density at radius 2 is 1.93 bits per heavy atom. The van der Waals surface area contributed by atoms with E-state index in [0.29, 0.717) is 0 Å². The molecule has 3 unspecified atom stereocenters. The van der Waals surface area contributed by atoms with Gasteiger partial charge >= 0.3 is 0 Å². The Bertz CT molecular complexity index is 180. The summed E-state index contributed by atoms with van der Waals surface area (Å²) in [7, 11) is 0. The molecule has 1 saturated carbocycles. The Kier molecular flexibility index (Phi) is 4.64. The summed E-state index contributed by atoms with van der Waals surface area (Å²) < 4.78 is 0. The standard InChI is InChI=1S/C14H29N/c1-6-7-11(2)13-9-8-12(13)10-15-14(3,4)5/h11-13,15H,6-10H2,1-5H3. The fraction of sp³-hybridized carbons (Fsp3) is 1.00. The molecule has 15 heavy (non-hydrogen) atoms. The molecular weight excluding hydrogens is 182 g/mol. The second-order valence-electron chi connectivity index (χ2n) is 6.40. The van der Waals surface area contributed by atoms with Crippen molar-refractivity contribution in [2.75, 3.05) is 6.54 Å². The predicted molar refractivity (Wildman–Crippen MR) is 68.0 cm³/mol. The summed E-state index contributed by atoms with van der Waals surface area (Å²) in [5.41, 5.74) is 0.286. The van der Waals surface area contributed by atoms with E-state index in [9.17, 15) is 0 Å². The number of rotatable bonds is 5. The topological polar surface area (TPSA) is 12.0 Å². The van der Waals surface area contributed by atoms with Gasteiger partial charge in [-0.1, -0.05) is 26.7 Å². The third-order valence-corrected chi connectivity index (χ3v) is 3.85. The van der Waals surface area contributed by atoms with Gasteiger partial charge in [-0.3, -0.25) is 0 Å². The highest BCUT2D eigenvalue weighted by atomic mass is 14.9. The van der Waals surface area contributed by atoms with E-state index in [0.717, 1.165) is 17.8 Å². The second kappa shape index (κ2) is 5.34. The smallest absolute Gasteiger partial charge is 0.00966 e. The van der Waals surface area contributed by atoms with Crippen LogP contribution in [-0.2, 0) is 0 Å². The minimum Gasteiger partial charge on any atom is -0.312 e. The first-order chi connectivity index (χ1) is 6.94. The Balaban J connectivity index is 2.26. The van der Waals surface area contributed by atoms with Crippen molar-refractivity contribution in [3.05, 3.63) is 0 Å². The minimum absolute atomic E-state index is 0.286. The molecule has 3 atom stereocenters. The third-order valence-electron chi connectivity index (χ3n) is 3.85.